The van der Waals surface area contributed by atoms with E-state index in [1.807, 2.05) is 0 Å². The molecule has 12 heteroatoms. The van der Waals surface area contributed by atoms with Crippen molar-refractivity contribution < 1.29 is 50.4 Å². The number of carbonyl (C=O) groups is 1. The largest absolute Gasteiger partial charge is 0.465 e. The Balaban J connectivity index is 1.76. The first-order valence-electron chi connectivity index (χ1n) is 16.8. The van der Waals surface area contributed by atoms with E-state index in [-0.39, 0.29) is 18.4 Å². The molecule has 0 bridgehead atoms. The summed E-state index contributed by atoms with van der Waals surface area (Å²) < 4.78 is 64.5. The molecule has 2 aliphatic heterocycles. The molecule has 11 nitrogen and oxygen atoms in total. The number of hydrogen-bond acceptors (Lipinski definition) is 11. The lowest BCUT2D eigenvalue weighted by Crippen LogP contribution is -2.59. The van der Waals surface area contributed by atoms with E-state index in [4.69, 9.17) is 27.9 Å². The van der Waals surface area contributed by atoms with Gasteiger partial charge in [0.2, 0.25) is 0 Å². The van der Waals surface area contributed by atoms with Crippen molar-refractivity contribution in [2.45, 2.75) is 147 Å². The summed E-state index contributed by atoms with van der Waals surface area (Å²) in [6, 6.07) is 0. The van der Waals surface area contributed by atoms with Crippen molar-refractivity contribution >= 4 is 16.4 Å². The van der Waals surface area contributed by atoms with Gasteiger partial charge in [0.25, 0.3) is 0 Å². The van der Waals surface area contributed by atoms with E-state index in [1.165, 1.54) is 25.7 Å². The Kier molecular flexibility index (Phi) is 16.6. The maximum absolute atomic E-state index is 13.5. The molecule has 7 atom stereocenters. The molecule has 0 aromatic heterocycles. The van der Waals surface area contributed by atoms with Crippen LogP contribution in [0.1, 0.15) is 116 Å². The third-order valence-corrected chi connectivity index (χ3v) is 9.78. The van der Waals surface area contributed by atoms with Crippen molar-refractivity contribution in [1.82, 2.24) is 0 Å². The Bertz CT molecular complexity index is 946. The maximum Gasteiger partial charge on any atom is 0.402 e. The number of methoxy groups -OCH3 is 1. The third-order valence-electron chi connectivity index (χ3n) is 8.92. The lowest BCUT2D eigenvalue weighted by molar-refractivity contribution is -0.334. The van der Waals surface area contributed by atoms with Gasteiger partial charge in [0.1, 0.15) is 6.10 Å². The van der Waals surface area contributed by atoms with Crippen LogP contribution in [0.2, 0.25) is 0 Å². The second-order valence-corrected chi connectivity index (χ2v) is 13.5. The van der Waals surface area contributed by atoms with Crippen LogP contribution >= 0.6 is 0 Å². The topological polar surface area (TPSA) is 136 Å². The average Bonchev–Trinajstić information content (AvgIpc) is 3.38. The molecule has 0 amide bonds. The van der Waals surface area contributed by atoms with Crippen LogP contribution in [0.5, 0.6) is 0 Å². The second kappa shape index (κ2) is 19.5. The minimum Gasteiger partial charge on any atom is -0.465 e. The van der Waals surface area contributed by atoms with Gasteiger partial charge in [-0.15, -0.1) is 0 Å². The molecule has 0 aromatic carbocycles. The van der Waals surface area contributed by atoms with Gasteiger partial charge in [-0.3, -0.25) is 4.18 Å². The van der Waals surface area contributed by atoms with Crippen LogP contribution in [-0.2, 0) is 47.2 Å². The fraction of sp³-hybridized carbons (Fsp3) is 0.906. The van der Waals surface area contributed by atoms with E-state index >= 15 is 0 Å². The van der Waals surface area contributed by atoms with Crippen LogP contribution in [0.4, 0.5) is 0 Å². The standard InChI is InChI=1S/C32H56O11S/c1-4-5-6-7-8-9-16-25-21-22-27(33)26(25)17-10-11-18-28(41-29-19-12-14-23-39-29)32(31(34)37-2,43-44(35,36)38-3)42-30-20-13-15-24-40-30/h9,16,25-30,33H,4-8,10-15,17-24H2,1-3H3/t25-,26+,27-,28?,29?,30?,32?/m0/s1. The van der Waals surface area contributed by atoms with Gasteiger partial charge in [-0.1, -0.05) is 51.2 Å². The first kappa shape index (κ1) is 37.3. The number of rotatable bonds is 20. The van der Waals surface area contributed by atoms with Gasteiger partial charge in [-0.25, -0.2) is 4.79 Å². The zero-order valence-corrected chi connectivity index (χ0v) is 27.8. The average molecular weight is 649 g/mol. The van der Waals surface area contributed by atoms with Crippen LogP contribution in [0.25, 0.3) is 0 Å². The van der Waals surface area contributed by atoms with Crippen molar-refractivity contribution in [1.29, 1.82) is 0 Å². The van der Waals surface area contributed by atoms with Crippen molar-refractivity contribution in [3.05, 3.63) is 12.2 Å². The Morgan fingerprint density at radius 2 is 1.68 bits per heavy atom. The zero-order valence-electron chi connectivity index (χ0n) is 27.0. The highest BCUT2D eigenvalue weighted by Crippen LogP contribution is 2.38. The number of unbranched alkanes of at least 4 members (excludes halogenated alkanes) is 5. The molecule has 1 N–H and O–H groups in total. The zero-order chi connectivity index (χ0) is 31.8. The highest BCUT2D eigenvalue weighted by atomic mass is 32.3. The summed E-state index contributed by atoms with van der Waals surface area (Å²) in [5, 5.41) is 10.8. The van der Waals surface area contributed by atoms with Crippen molar-refractivity contribution in [2.75, 3.05) is 27.4 Å². The van der Waals surface area contributed by atoms with Crippen LogP contribution in [0.3, 0.4) is 0 Å². The molecule has 2 saturated heterocycles. The summed E-state index contributed by atoms with van der Waals surface area (Å²) in [5.74, 6) is -3.11. The quantitative estimate of drug-likeness (QED) is 0.0754. The molecule has 256 valence electrons. The van der Waals surface area contributed by atoms with Gasteiger partial charge < -0.3 is 28.8 Å². The van der Waals surface area contributed by atoms with Gasteiger partial charge in [0.05, 0.1) is 20.3 Å². The number of aliphatic hydroxyl groups excluding tert-OH is 1. The van der Waals surface area contributed by atoms with Gasteiger partial charge in [0.15, 0.2) is 12.6 Å². The minimum atomic E-state index is -4.69. The lowest BCUT2D eigenvalue weighted by Gasteiger charge is -2.40. The molecule has 2 heterocycles. The number of carbonyl (C=O) groups excluding carboxylic acids is 1. The molecule has 0 radical (unpaired) electrons. The first-order valence-corrected chi connectivity index (χ1v) is 18.1. The van der Waals surface area contributed by atoms with E-state index < -0.39 is 40.8 Å². The Hall–Kier alpha value is -1.12. The van der Waals surface area contributed by atoms with E-state index in [0.717, 1.165) is 72.0 Å². The molecule has 0 spiro atoms. The Morgan fingerprint density at radius 1 is 0.955 bits per heavy atom. The molecule has 3 rings (SSSR count). The lowest BCUT2D eigenvalue weighted by atomic mass is 9.88. The highest BCUT2D eigenvalue weighted by molar-refractivity contribution is 7.81. The van der Waals surface area contributed by atoms with Gasteiger partial charge in [-0.05, 0) is 88.9 Å². The number of aliphatic hydroxyl groups is 1. The Labute approximate surface area is 264 Å². The normalized spacial score (nSPS) is 28.6. The van der Waals surface area contributed by atoms with E-state index in [2.05, 4.69) is 23.3 Å². The smallest absolute Gasteiger partial charge is 0.402 e. The van der Waals surface area contributed by atoms with Gasteiger partial charge >= 0.3 is 22.2 Å². The van der Waals surface area contributed by atoms with Crippen molar-refractivity contribution in [3.8, 4) is 0 Å². The third kappa shape index (κ3) is 11.6. The van der Waals surface area contributed by atoms with Crippen molar-refractivity contribution in [2.24, 2.45) is 11.8 Å². The predicted octanol–water partition coefficient (Wildman–Crippen LogP) is 5.69. The predicted molar refractivity (Wildman–Crippen MR) is 163 cm³/mol. The summed E-state index contributed by atoms with van der Waals surface area (Å²) >= 11 is 0. The molecular formula is C32H56O11S. The van der Waals surface area contributed by atoms with Crippen LogP contribution in [0.15, 0.2) is 12.2 Å². The summed E-state index contributed by atoms with van der Waals surface area (Å²) in [7, 11) is -2.61. The summed E-state index contributed by atoms with van der Waals surface area (Å²) in [6.45, 7) is 3.09. The Morgan fingerprint density at radius 3 is 2.32 bits per heavy atom. The molecule has 3 fully saturated rings. The van der Waals surface area contributed by atoms with Crippen LogP contribution < -0.4 is 0 Å². The second-order valence-electron chi connectivity index (χ2n) is 12.2. The maximum atomic E-state index is 13.5. The van der Waals surface area contributed by atoms with Gasteiger partial charge in [-0.2, -0.15) is 12.6 Å². The van der Waals surface area contributed by atoms with Crippen molar-refractivity contribution in [3.63, 3.8) is 0 Å². The fourth-order valence-electron chi connectivity index (χ4n) is 6.43. The fourth-order valence-corrected chi connectivity index (χ4v) is 7.02. The number of allylic oxidation sites excluding steroid dienone is 2. The minimum absolute atomic E-state index is 0.144. The summed E-state index contributed by atoms with van der Waals surface area (Å²) in [5.41, 5.74) is 0. The molecule has 4 unspecified atom stereocenters. The van der Waals surface area contributed by atoms with Crippen LogP contribution in [0, 0.1) is 11.8 Å². The molecular weight excluding hydrogens is 592 g/mol. The van der Waals surface area contributed by atoms with Gasteiger partial charge in [0, 0.05) is 13.2 Å². The highest BCUT2D eigenvalue weighted by Gasteiger charge is 2.57. The van der Waals surface area contributed by atoms with Crippen LogP contribution in [-0.4, -0.2) is 77.5 Å². The number of ether oxygens (including phenoxy) is 5. The number of esters is 1. The number of hydrogen-bond donors (Lipinski definition) is 1. The summed E-state index contributed by atoms with van der Waals surface area (Å²) in [4.78, 5) is 13.5. The molecule has 1 aliphatic carbocycles. The molecule has 44 heavy (non-hydrogen) atoms. The van der Waals surface area contributed by atoms with E-state index in [9.17, 15) is 18.3 Å². The first-order chi connectivity index (χ1) is 21.2. The van der Waals surface area contributed by atoms with E-state index in [0.29, 0.717) is 38.4 Å². The molecule has 3 aliphatic rings. The molecule has 0 aromatic rings. The summed E-state index contributed by atoms with van der Waals surface area (Å²) in [6.07, 6.45) is 15.7. The SMILES string of the molecule is CCCCCCC=C[C@H]1CC[C@H](O)[C@@H]1CCCCC(OC1CCCCO1)C(OC1CCCCO1)(OS(=O)(=O)OC)C(=O)OC. The molecule has 1 saturated carbocycles. The monoisotopic (exact) mass is 648 g/mol. The van der Waals surface area contributed by atoms with E-state index in [1.54, 1.807) is 0 Å².